The third-order valence-corrected chi connectivity index (χ3v) is 3.52. The van der Waals surface area contributed by atoms with Crippen LogP contribution >= 0.6 is 11.3 Å². The SMILES string of the molecule is CC(OCCc1ccc2sccc2c1)C(=O)O. The quantitative estimate of drug-likeness (QED) is 0.887. The Morgan fingerprint density at radius 1 is 1.47 bits per heavy atom. The molecule has 0 bridgehead atoms. The van der Waals surface area contributed by atoms with Crippen LogP contribution in [0.15, 0.2) is 29.6 Å². The second-order valence-corrected chi connectivity index (χ2v) is 4.84. The number of carboxylic acid groups (broad SMARTS) is 1. The second-order valence-electron chi connectivity index (χ2n) is 3.89. The average molecular weight is 250 g/mol. The van der Waals surface area contributed by atoms with E-state index in [-0.39, 0.29) is 0 Å². The topological polar surface area (TPSA) is 46.5 Å². The van der Waals surface area contributed by atoms with Gasteiger partial charge >= 0.3 is 5.97 Å². The van der Waals surface area contributed by atoms with Crippen LogP contribution in [0.5, 0.6) is 0 Å². The molecule has 0 aliphatic rings. The fraction of sp³-hybridized carbons (Fsp3) is 0.308. The minimum atomic E-state index is -0.918. The van der Waals surface area contributed by atoms with Gasteiger partial charge in [-0.25, -0.2) is 4.79 Å². The standard InChI is InChI=1S/C13H14O3S/c1-9(13(14)15)16-6-4-10-2-3-12-11(8-10)5-7-17-12/h2-3,5,7-9H,4,6H2,1H3,(H,14,15). The summed E-state index contributed by atoms with van der Waals surface area (Å²) < 4.78 is 6.48. The summed E-state index contributed by atoms with van der Waals surface area (Å²) in [6, 6.07) is 8.37. The Morgan fingerprint density at radius 2 is 2.29 bits per heavy atom. The van der Waals surface area contributed by atoms with E-state index < -0.39 is 12.1 Å². The zero-order valence-corrected chi connectivity index (χ0v) is 10.4. The van der Waals surface area contributed by atoms with E-state index in [4.69, 9.17) is 9.84 Å². The van der Waals surface area contributed by atoms with Crippen LogP contribution in [0.4, 0.5) is 0 Å². The molecular formula is C13H14O3S. The van der Waals surface area contributed by atoms with Gasteiger partial charge in [-0.05, 0) is 41.8 Å². The van der Waals surface area contributed by atoms with Crippen LogP contribution < -0.4 is 0 Å². The lowest BCUT2D eigenvalue weighted by Crippen LogP contribution is -2.20. The zero-order chi connectivity index (χ0) is 12.3. The van der Waals surface area contributed by atoms with Crippen molar-refractivity contribution < 1.29 is 14.6 Å². The summed E-state index contributed by atoms with van der Waals surface area (Å²) in [5.74, 6) is -0.918. The maximum Gasteiger partial charge on any atom is 0.332 e. The van der Waals surface area contributed by atoms with Crippen LogP contribution in [-0.4, -0.2) is 23.8 Å². The molecule has 0 spiro atoms. The van der Waals surface area contributed by atoms with Gasteiger partial charge in [0.15, 0.2) is 6.10 Å². The number of thiophene rings is 1. The number of carboxylic acids is 1. The van der Waals surface area contributed by atoms with Gasteiger partial charge in [0, 0.05) is 4.70 Å². The molecule has 0 saturated carbocycles. The van der Waals surface area contributed by atoms with Crippen LogP contribution in [0.3, 0.4) is 0 Å². The third kappa shape index (κ3) is 3.05. The van der Waals surface area contributed by atoms with Gasteiger partial charge in [0.1, 0.15) is 0 Å². The van der Waals surface area contributed by atoms with Crippen molar-refractivity contribution in [1.29, 1.82) is 0 Å². The number of fused-ring (bicyclic) bond motifs is 1. The van der Waals surface area contributed by atoms with E-state index in [9.17, 15) is 4.79 Å². The Bertz CT molecular complexity index is 518. The van der Waals surface area contributed by atoms with Gasteiger partial charge in [-0.2, -0.15) is 0 Å². The van der Waals surface area contributed by atoms with Gasteiger partial charge < -0.3 is 9.84 Å². The highest BCUT2D eigenvalue weighted by molar-refractivity contribution is 7.17. The smallest absolute Gasteiger partial charge is 0.332 e. The molecule has 0 aliphatic carbocycles. The Morgan fingerprint density at radius 3 is 3.06 bits per heavy atom. The van der Waals surface area contributed by atoms with E-state index in [1.54, 1.807) is 18.3 Å². The monoisotopic (exact) mass is 250 g/mol. The van der Waals surface area contributed by atoms with Gasteiger partial charge in [-0.3, -0.25) is 0 Å². The van der Waals surface area contributed by atoms with Gasteiger partial charge in [-0.1, -0.05) is 12.1 Å². The second kappa shape index (κ2) is 5.29. The fourth-order valence-corrected chi connectivity index (χ4v) is 2.37. The molecule has 0 radical (unpaired) electrons. The summed E-state index contributed by atoms with van der Waals surface area (Å²) in [5, 5.41) is 12.0. The van der Waals surface area contributed by atoms with Crippen LogP contribution in [0.1, 0.15) is 12.5 Å². The van der Waals surface area contributed by atoms with Crippen LogP contribution in [0.2, 0.25) is 0 Å². The lowest BCUT2D eigenvalue weighted by Gasteiger charge is -2.08. The summed E-state index contributed by atoms with van der Waals surface area (Å²) in [6.07, 6.45) is 0.00327. The number of rotatable bonds is 5. The predicted octanol–water partition coefficient (Wildman–Crippen LogP) is 2.93. The lowest BCUT2D eigenvalue weighted by molar-refractivity contribution is -0.149. The van der Waals surface area contributed by atoms with Gasteiger partial charge in [0.05, 0.1) is 6.61 Å². The summed E-state index contributed by atoms with van der Waals surface area (Å²) in [4.78, 5) is 10.6. The molecule has 1 aromatic heterocycles. The van der Waals surface area contributed by atoms with Crippen molar-refractivity contribution in [3.05, 3.63) is 35.2 Å². The molecule has 4 heteroatoms. The molecule has 0 aliphatic heterocycles. The van der Waals surface area contributed by atoms with Crippen molar-refractivity contribution in [2.75, 3.05) is 6.61 Å². The molecular weight excluding hydrogens is 236 g/mol. The molecule has 17 heavy (non-hydrogen) atoms. The zero-order valence-electron chi connectivity index (χ0n) is 9.55. The normalized spacial score (nSPS) is 12.8. The van der Waals surface area contributed by atoms with Crippen LogP contribution in [0.25, 0.3) is 10.1 Å². The van der Waals surface area contributed by atoms with E-state index in [1.807, 2.05) is 0 Å². The lowest BCUT2D eigenvalue weighted by atomic mass is 10.1. The first-order valence-corrected chi connectivity index (χ1v) is 6.35. The van der Waals surface area contributed by atoms with Crippen LogP contribution in [0, 0.1) is 0 Å². The average Bonchev–Trinajstić information content (AvgIpc) is 2.75. The van der Waals surface area contributed by atoms with E-state index in [2.05, 4.69) is 29.6 Å². The Balaban J connectivity index is 1.92. The Hall–Kier alpha value is -1.39. The number of hydrogen-bond donors (Lipinski definition) is 1. The number of carbonyl (C=O) groups is 1. The van der Waals surface area contributed by atoms with E-state index >= 15 is 0 Å². The first-order chi connectivity index (χ1) is 8.16. The molecule has 0 saturated heterocycles. The third-order valence-electron chi connectivity index (χ3n) is 2.62. The molecule has 3 nitrogen and oxygen atoms in total. The highest BCUT2D eigenvalue weighted by Gasteiger charge is 2.10. The molecule has 1 aromatic carbocycles. The molecule has 1 N–H and O–H groups in total. The Labute approximate surface area is 104 Å². The number of aliphatic carboxylic acids is 1. The van der Waals surface area contributed by atoms with Gasteiger partial charge in [-0.15, -0.1) is 11.3 Å². The van der Waals surface area contributed by atoms with Gasteiger partial charge in [0.2, 0.25) is 0 Å². The van der Waals surface area contributed by atoms with Crippen molar-refractivity contribution in [3.8, 4) is 0 Å². The van der Waals surface area contributed by atoms with Crippen molar-refractivity contribution in [3.63, 3.8) is 0 Å². The maximum absolute atomic E-state index is 10.6. The van der Waals surface area contributed by atoms with Crippen molar-refractivity contribution >= 4 is 27.4 Å². The number of ether oxygens (including phenoxy) is 1. The van der Waals surface area contributed by atoms with Crippen LogP contribution in [-0.2, 0) is 16.0 Å². The molecule has 2 aromatic rings. The van der Waals surface area contributed by atoms with E-state index in [0.29, 0.717) is 6.61 Å². The number of benzene rings is 1. The summed E-state index contributed by atoms with van der Waals surface area (Å²) in [6.45, 7) is 1.98. The molecule has 1 unspecified atom stereocenters. The Kier molecular flexibility index (Phi) is 3.76. The maximum atomic E-state index is 10.6. The minimum absolute atomic E-state index is 0.434. The first-order valence-electron chi connectivity index (χ1n) is 5.47. The van der Waals surface area contributed by atoms with E-state index in [0.717, 1.165) is 6.42 Å². The minimum Gasteiger partial charge on any atom is -0.479 e. The molecule has 0 amide bonds. The summed E-state index contributed by atoms with van der Waals surface area (Å²) >= 11 is 1.72. The molecule has 2 rings (SSSR count). The van der Waals surface area contributed by atoms with E-state index in [1.165, 1.54) is 15.6 Å². The fourth-order valence-electron chi connectivity index (χ4n) is 1.60. The first kappa shape index (κ1) is 12.1. The summed E-state index contributed by atoms with van der Waals surface area (Å²) in [7, 11) is 0. The molecule has 1 heterocycles. The van der Waals surface area contributed by atoms with Crippen molar-refractivity contribution in [1.82, 2.24) is 0 Å². The molecule has 1 atom stereocenters. The van der Waals surface area contributed by atoms with Gasteiger partial charge in [0.25, 0.3) is 0 Å². The predicted molar refractivity (Wildman–Crippen MR) is 68.6 cm³/mol. The van der Waals surface area contributed by atoms with Crippen molar-refractivity contribution in [2.24, 2.45) is 0 Å². The molecule has 90 valence electrons. The summed E-state index contributed by atoms with van der Waals surface area (Å²) in [5.41, 5.74) is 1.17. The molecule has 0 fully saturated rings. The van der Waals surface area contributed by atoms with Crippen molar-refractivity contribution in [2.45, 2.75) is 19.4 Å². The largest absolute Gasteiger partial charge is 0.479 e. The highest BCUT2D eigenvalue weighted by atomic mass is 32.1. The number of hydrogen-bond acceptors (Lipinski definition) is 3. The highest BCUT2D eigenvalue weighted by Crippen LogP contribution is 2.21.